The molecular weight excluding hydrogens is 348 g/mol. The van der Waals surface area contributed by atoms with Crippen molar-refractivity contribution >= 4 is 21.6 Å². The largest absolute Gasteiger partial charge is 0.339 e. The first kappa shape index (κ1) is 20.0. The maximum absolute atomic E-state index is 12.7. The number of amides is 1. The van der Waals surface area contributed by atoms with Crippen LogP contribution in [0.1, 0.15) is 49.5 Å². The lowest BCUT2D eigenvalue weighted by molar-refractivity contribution is 0.0773. The van der Waals surface area contributed by atoms with Crippen molar-refractivity contribution in [2.75, 3.05) is 17.8 Å². The van der Waals surface area contributed by atoms with E-state index in [0.29, 0.717) is 24.3 Å². The zero-order valence-electron chi connectivity index (χ0n) is 15.7. The van der Waals surface area contributed by atoms with E-state index in [1.165, 1.54) is 12.1 Å². The number of hydrogen-bond donors (Lipinski definition) is 1. The van der Waals surface area contributed by atoms with Crippen molar-refractivity contribution in [2.45, 2.75) is 38.5 Å². The highest BCUT2D eigenvalue weighted by Gasteiger charge is 2.18. The van der Waals surface area contributed by atoms with Gasteiger partial charge in [0, 0.05) is 18.7 Å². The molecule has 5 nitrogen and oxygen atoms in total. The quantitative estimate of drug-likeness (QED) is 0.794. The van der Waals surface area contributed by atoms with Crippen molar-refractivity contribution in [3.63, 3.8) is 0 Å². The van der Waals surface area contributed by atoms with E-state index in [-0.39, 0.29) is 16.7 Å². The molecule has 0 atom stereocenters. The predicted molar refractivity (Wildman–Crippen MR) is 105 cm³/mol. The van der Waals surface area contributed by atoms with E-state index in [1.807, 2.05) is 39.8 Å². The Kier molecular flexibility index (Phi) is 6.42. The Morgan fingerprint density at radius 3 is 2.12 bits per heavy atom. The van der Waals surface area contributed by atoms with Crippen LogP contribution in [0.15, 0.2) is 53.4 Å². The van der Waals surface area contributed by atoms with E-state index in [4.69, 9.17) is 0 Å². The summed E-state index contributed by atoms with van der Waals surface area (Å²) in [7, 11) is -3.72. The molecule has 0 saturated heterocycles. The minimum absolute atomic E-state index is 0.0999. The van der Waals surface area contributed by atoms with Crippen molar-refractivity contribution in [3.05, 3.63) is 59.7 Å². The molecule has 0 saturated carbocycles. The maximum atomic E-state index is 12.7. The summed E-state index contributed by atoms with van der Waals surface area (Å²) >= 11 is 0. The van der Waals surface area contributed by atoms with Gasteiger partial charge in [-0.1, -0.05) is 32.0 Å². The molecular formula is C20H26N2O3S. The van der Waals surface area contributed by atoms with Crippen LogP contribution >= 0.6 is 0 Å². The SMILES string of the molecule is CCN(CC)C(=O)c1ccc(S(=O)(=O)Nc2ccccc2C(C)C)cc1. The van der Waals surface area contributed by atoms with Crippen LogP contribution in [0.5, 0.6) is 0 Å². The summed E-state index contributed by atoms with van der Waals surface area (Å²) in [5.41, 5.74) is 1.99. The minimum atomic E-state index is -3.72. The zero-order valence-corrected chi connectivity index (χ0v) is 16.5. The molecule has 1 N–H and O–H groups in total. The van der Waals surface area contributed by atoms with Gasteiger partial charge in [0.2, 0.25) is 0 Å². The number of carbonyl (C=O) groups excluding carboxylic acids is 1. The van der Waals surface area contributed by atoms with Crippen LogP contribution in [-0.2, 0) is 10.0 Å². The van der Waals surface area contributed by atoms with Crippen molar-refractivity contribution in [2.24, 2.45) is 0 Å². The molecule has 0 aliphatic rings. The Balaban J connectivity index is 2.27. The molecule has 0 aliphatic heterocycles. The van der Waals surface area contributed by atoms with Gasteiger partial charge in [0.05, 0.1) is 10.6 Å². The van der Waals surface area contributed by atoms with Crippen molar-refractivity contribution < 1.29 is 13.2 Å². The molecule has 140 valence electrons. The van der Waals surface area contributed by atoms with Crippen LogP contribution in [0.3, 0.4) is 0 Å². The number of hydrogen-bond acceptors (Lipinski definition) is 3. The number of anilines is 1. The van der Waals surface area contributed by atoms with Crippen LogP contribution < -0.4 is 4.72 Å². The predicted octanol–water partition coefficient (Wildman–Crippen LogP) is 4.09. The molecule has 0 aromatic heterocycles. The summed E-state index contributed by atoms with van der Waals surface area (Å²) in [6.07, 6.45) is 0. The fourth-order valence-corrected chi connectivity index (χ4v) is 3.85. The van der Waals surface area contributed by atoms with Gasteiger partial charge in [0.1, 0.15) is 0 Å². The zero-order chi connectivity index (χ0) is 19.3. The normalized spacial score (nSPS) is 11.4. The molecule has 0 radical (unpaired) electrons. The lowest BCUT2D eigenvalue weighted by Gasteiger charge is -2.19. The fourth-order valence-electron chi connectivity index (χ4n) is 2.77. The third kappa shape index (κ3) is 4.43. The van der Waals surface area contributed by atoms with Crippen LogP contribution in [0.25, 0.3) is 0 Å². The van der Waals surface area contributed by atoms with E-state index in [0.717, 1.165) is 5.56 Å². The van der Waals surface area contributed by atoms with E-state index < -0.39 is 10.0 Å². The van der Waals surface area contributed by atoms with Gasteiger partial charge < -0.3 is 4.90 Å². The van der Waals surface area contributed by atoms with E-state index in [9.17, 15) is 13.2 Å². The lowest BCUT2D eigenvalue weighted by Crippen LogP contribution is -2.30. The van der Waals surface area contributed by atoms with E-state index >= 15 is 0 Å². The Morgan fingerprint density at radius 1 is 1.00 bits per heavy atom. The summed E-state index contributed by atoms with van der Waals surface area (Å²) in [5.74, 6) is 0.0972. The molecule has 0 bridgehead atoms. The molecule has 2 rings (SSSR count). The molecule has 0 fully saturated rings. The third-order valence-electron chi connectivity index (χ3n) is 4.29. The van der Waals surface area contributed by atoms with Crippen LogP contribution in [0, 0.1) is 0 Å². The molecule has 0 aliphatic carbocycles. The first-order valence-corrected chi connectivity index (χ1v) is 10.3. The van der Waals surface area contributed by atoms with Gasteiger partial charge in [-0.05, 0) is 55.7 Å². The van der Waals surface area contributed by atoms with Gasteiger partial charge >= 0.3 is 0 Å². The molecule has 26 heavy (non-hydrogen) atoms. The second kappa shape index (κ2) is 8.36. The second-order valence-electron chi connectivity index (χ2n) is 6.35. The molecule has 1 amide bonds. The number of nitrogens with one attached hydrogen (secondary N) is 1. The monoisotopic (exact) mass is 374 g/mol. The minimum Gasteiger partial charge on any atom is -0.339 e. The highest BCUT2D eigenvalue weighted by atomic mass is 32.2. The second-order valence-corrected chi connectivity index (χ2v) is 8.03. The number of para-hydroxylation sites is 1. The van der Waals surface area contributed by atoms with E-state index in [2.05, 4.69) is 4.72 Å². The Morgan fingerprint density at radius 2 is 1.58 bits per heavy atom. The Hall–Kier alpha value is -2.34. The topological polar surface area (TPSA) is 66.5 Å². The number of carbonyl (C=O) groups is 1. The summed E-state index contributed by atoms with van der Waals surface area (Å²) in [5, 5.41) is 0. The summed E-state index contributed by atoms with van der Waals surface area (Å²) in [6.45, 7) is 9.08. The van der Waals surface area contributed by atoms with Gasteiger partial charge in [-0.3, -0.25) is 9.52 Å². The van der Waals surface area contributed by atoms with Crippen LogP contribution in [0.4, 0.5) is 5.69 Å². The van der Waals surface area contributed by atoms with Gasteiger partial charge in [0.15, 0.2) is 0 Å². The summed E-state index contributed by atoms with van der Waals surface area (Å²) in [6, 6.07) is 13.4. The standard InChI is InChI=1S/C20H26N2O3S/c1-5-22(6-2)20(23)16-11-13-17(14-12-16)26(24,25)21-19-10-8-7-9-18(19)15(3)4/h7-15,21H,5-6H2,1-4H3. The first-order valence-electron chi connectivity index (χ1n) is 8.81. The molecule has 2 aromatic carbocycles. The van der Waals surface area contributed by atoms with Gasteiger partial charge in [-0.15, -0.1) is 0 Å². The number of rotatable bonds is 7. The fraction of sp³-hybridized carbons (Fsp3) is 0.350. The van der Waals surface area contributed by atoms with Gasteiger partial charge in [0.25, 0.3) is 15.9 Å². The molecule has 0 heterocycles. The van der Waals surface area contributed by atoms with E-state index in [1.54, 1.807) is 29.2 Å². The Bertz CT molecular complexity index is 855. The van der Waals surface area contributed by atoms with Gasteiger partial charge in [-0.25, -0.2) is 8.42 Å². The average Bonchev–Trinajstić information content (AvgIpc) is 2.62. The smallest absolute Gasteiger partial charge is 0.261 e. The Labute approximate surface area is 156 Å². The van der Waals surface area contributed by atoms with Crippen LogP contribution in [0.2, 0.25) is 0 Å². The third-order valence-corrected chi connectivity index (χ3v) is 5.67. The number of nitrogens with zero attached hydrogens (tertiary/aromatic N) is 1. The number of benzene rings is 2. The highest BCUT2D eigenvalue weighted by molar-refractivity contribution is 7.92. The van der Waals surface area contributed by atoms with Gasteiger partial charge in [-0.2, -0.15) is 0 Å². The maximum Gasteiger partial charge on any atom is 0.261 e. The molecule has 6 heteroatoms. The molecule has 0 unspecified atom stereocenters. The lowest BCUT2D eigenvalue weighted by atomic mass is 10.0. The van der Waals surface area contributed by atoms with Crippen molar-refractivity contribution in [1.29, 1.82) is 0 Å². The van der Waals surface area contributed by atoms with Crippen molar-refractivity contribution in [3.8, 4) is 0 Å². The molecule has 0 spiro atoms. The average molecular weight is 375 g/mol. The first-order chi connectivity index (χ1) is 12.3. The number of sulfonamides is 1. The van der Waals surface area contributed by atoms with Crippen molar-refractivity contribution in [1.82, 2.24) is 4.90 Å². The summed E-state index contributed by atoms with van der Waals surface area (Å²) in [4.78, 5) is 14.2. The molecule has 2 aromatic rings. The highest BCUT2D eigenvalue weighted by Crippen LogP contribution is 2.26. The summed E-state index contributed by atoms with van der Waals surface area (Å²) < 4.78 is 28.0. The van der Waals surface area contributed by atoms with Crippen LogP contribution in [-0.4, -0.2) is 32.3 Å².